The summed E-state index contributed by atoms with van der Waals surface area (Å²) >= 11 is 1.78. The maximum absolute atomic E-state index is 5.83. The molecule has 2 rings (SSSR count). The molecular weight excluding hydrogens is 230 g/mol. The first-order valence-corrected chi connectivity index (χ1v) is 7.27. The van der Waals surface area contributed by atoms with Gasteiger partial charge in [0.1, 0.15) is 0 Å². The topological polar surface area (TPSA) is 42.2 Å². The average molecular weight is 253 g/mol. The van der Waals surface area contributed by atoms with Crippen molar-refractivity contribution in [3.05, 3.63) is 16.1 Å². The Kier molecular flexibility index (Phi) is 3.85. The third-order valence-corrected chi connectivity index (χ3v) is 4.77. The van der Waals surface area contributed by atoms with Gasteiger partial charge in [-0.15, -0.1) is 11.3 Å². The molecule has 2 N–H and O–H groups in total. The van der Waals surface area contributed by atoms with Crippen molar-refractivity contribution in [2.24, 2.45) is 11.1 Å². The zero-order valence-corrected chi connectivity index (χ0v) is 11.9. The minimum atomic E-state index is 0.316. The highest BCUT2D eigenvalue weighted by molar-refractivity contribution is 7.09. The molecule has 1 aromatic rings. The summed E-state index contributed by atoms with van der Waals surface area (Å²) in [6, 6.07) is 0. The standard InChI is InChI=1S/C13H23N3S/c1-10(2)12-15-11(7-17-12)6-16-5-4-13(3,8-14)9-16/h7,10H,4-6,8-9,14H2,1-3H3. The number of aromatic nitrogens is 1. The van der Waals surface area contributed by atoms with E-state index in [4.69, 9.17) is 10.7 Å². The molecule has 0 bridgehead atoms. The fraction of sp³-hybridized carbons (Fsp3) is 0.769. The first-order chi connectivity index (χ1) is 8.02. The lowest BCUT2D eigenvalue weighted by Crippen LogP contribution is -2.31. The number of rotatable bonds is 4. The summed E-state index contributed by atoms with van der Waals surface area (Å²) in [7, 11) is 0. The van der Waals surface area contributed by atoms with Crippen molar-refractivity contribution in [1.82, 2.24) is 9.88 Å². The number of nitrogens with two attached hydrogens (primary N) is 1. The highest BCUT2D eigenvalue weighted by Gasteiger charge is 2.32. The molecule has 1 aliphatic rings. The number of hydrogen-bond donors (Lipinski definition) is 1. The van der Waals surface area contributed by atoms with Gasteiger partial charge in [0.25, 0.3) is 0 Å². The Morgan fingerprint density at radius 1 is 1.59 bits per heavy atom. The molecular formula is C13H23N3S. The largest absolute Gasteiger partial charge is 0.330 e. The van der Waals surface area contributed by atoms with Gasteiger partial charge in [0.2, 0.25) is 0 Å². The third-order valence-electron chi connectivity index (χ3n) is 3.58. The van der Waals surface area contributed by atoms with Crippen LogP contribution in [-0.2, 0) is 6.54 Å². The van der Waals surface area contributed by atoms with E-state index in [0.717, 1.165) is 26.2 Å². The summed E-state index contributed by atoms with van der Waals surface area (Å²) in [5, 5.41) is 3.45. The quantitative estimate of drug-likeness (QED) is 0.896. The maximum Gasteiger partial charge on any atom is 0.0954 e. The van der Waals surface area contributed by atoms with Crippen LogP contribution in [0.2, 0.25) is 0 Å². The number of hydrogen-bond acceptors (Lipinski definition) is 4. The normalized spacial score (nSPS) is 25.9. The SMILES string of the molecule is CC(C)c1nc(CN2CCC(C)(CN)C2)cs1. The van der Waals surface area contributed by atoms with Gasteiger partial charge in [-0.3, -0.25) is 4.90 Å². The second kappa shape index (κ2) is 5.04. The summed E-state index contributed by atoms with van der Waals surface area (Å²) in [6.45, 7) is 10.7. The molecule has 0 aliphatic carbocycles. The van der Waals surface area contributed by atoms with Crippen LogP contribution in [0.5, 0.6) is 0 Å². The molecule has 1 atom stereocenters. The van der Waals surface area contributed by atoms with Crippen LogP contribution in [0.4, 0.5) is 0 Å². The van der Waals surface area contributed by atoms with Gasteiger partial charge in [0, 0.05) is 24.4 Å². The van der Waals surface area contributed by atoms with Crippen LogP contribution in [0.3, 0.4) is 0 Å². The van der Waals surface area contributed by atoms with E-state index in [1.165, 1.54) is 17.1 Å². The molecule has 1 saturated heterocycles. The van der Waals surface area contributed by atoms with Gasteiger partial charge < -0.3 is 5.73 Å². The molecule has 1 aromatic heterocycles. The molecule has 17 heavy (non-hydrogen) atoms. The van der Waals surface area contributed by atoms with Gasteiger partial charge in [-0.05, 0) is 24.9 Å². The molecule has 96 valence electrons. The highest BCUT2D eigenvalue weighted by atomic mass is 32.1. The molecule has 4 heteroatoms. The summed E-state index contributed by atoms with van der Waals surface area (Å²) in [5.41, 5.74) is 7.37. The van der Waals surface area contributed by atoms with E-state index in [1.807, 2.05) is 0 Å². The molecule has 0 amide bonds. The molecule has 1 unspecified atom stereocenters. The smallest absolute Gasteiger partial charge is 0.0954 e. The second-order valence-corrected chi connectivity index (χ2v) is 6.70. The van der Waals surface area contributed by atoms with E-state index in [2.05, 4.69) is 31.1 Å². The first kappa shape index (κ1) is 13.0. The van der Waals surface area contributed by atoms with Gasteiger partial charge in [0.05, 0.1) is 10.7 Å². The Labute approximate surface area is 108 Å². The Bertz CT molecular complexity index is 374. The van der Waals surface area contributed by atoms with E-state index < -0.39 is 0 Å². The minimum absolute atomic E-state index is 0.316. The molecule has 0 radical (unpaired) electrons. The van der Waals surface area contributed by atoms with Crippen LogP contribution >= 0.6 is 11.3 Å². The lowest BCUT2D eigenvalue weighted by Gasteiger charge is -2.22. The number of likely N-dealkylation sites (tertiary alicyclic amines) is 1. The van der Waals surface area contributed by atoms with Gasteiger partial charge in [-0.25, -0.2) is 4.98 Å². The molecule has 3 nitrogen and oxygen atoms in total. The van der Waals surface area contributed by atoms with E-state index in [-0.39, 0.29) is 0 Å². The molecule has 0 spiro atoms. The zero-order valence-electron chi connectivity index (χ0n) is 11.1. The van der Waals surface area contributed by atoms with Gasteiger partial charge in [-0.2, -0.15) is 0 Å². The van der Waals surface area contributed by atoms with Gasteiger partial charge >= 0.3 is 0 Å². The predicted octanol–water partition coefficient (Wildman–Crippen LogP) is 2.44. The van der Waals surface area contributed by atoms with Crippen LogP contribution < -0.4 is 5.73 Å². The first-order valence-electron chi connectivity index (χ1n) is 6.39. The Hall–Kier alpha value is -0.450. The molecule has 0 aromatic carbocycles. The molecule has 0 saturated carbocycles. The third kappa shape index (κ3) is 3.06. The van der Waals surface area contributed by atoms with Crippen LogP contribution in [0, 0.1) is 5.41 Å². The maximum atomic E-state index is 5.83. The fourth-order valence-corrected chi connectivity index (χ4v) is 3.14. The number of nitrogens with zero attached hydrogens (tertiary/aromatic N) is 2. The summed E-state index contributed by atoms with van der Waals surface area (Å²) in [5.74, 6) is 0.543. The Balaban J connectivity index is 1.93. The van der Waals surface area contributed by atoms with Crippen molar-refractivity contribution >= 4 is 11.3 Å². The predicted molar refractivity (Wildman–Crippen MR) is 73.3 cm³/mol. The van der Waals surface area contributed by atoms with E-state index >= 15 is 0 Å². The van der Waals surface area contributed by atoms with Crippen LogP contribution in [0.15, 0.2) is 5.38 Å². The average Bonchev–Trinajstić information content (AvgIpc) is 2.87. The summed E-state index contributed by atoms with van der Waals surface area (Å²) < 4.78 is 0. The lowest BCUT2D eigenvalue weighted by molar-refractivity contribution is 0.272. The Morgan fingerprint density at radius 3 is 2.88 bits per heavy atom. The number of thiazole rings is 1. The van der Waals surface area contributed by atoms with Crippen molar-refractivity contribution in [2.45, 2.75) is 39.7 Å². The van der Waals surface area contributed by atoms with Crippen LogP contribution in [0.1, 0.15) is 43.8 Å². The minimum Gasteiger partial charge on any atom is -0.330 e. The van der Waals surface area contributed by atoms with E-state index in [0.29, 0.717) is 11.3 Å². The van der Waals surface area contributed by atoms with Gasteiger partial charge in [0.15, 0.2) is 0 Å². The monoisotopic (exact) mass is 253 g/mol. The van der Waals surface area contributed by atoms with Gasteiger partial charge in [-0.1, -0.05) is 20.8 Å². The van der Waals surface area contributed by atoms with Crippen molar-refractivity contribution in [1.29, 1.82) is 0 Å². The highest BCUT2D eigenvalue weighted by Crippen LogP contribution is 2.30. The van der Waals surface area contributed by atoms with Crippen molar-refractivity contribution in [2.75, 3.05) is 19.6 Å². The lowest BCUT2D eigenvalue weighted by atomic mass is 9.90. The fourth-order valence-electron chi connectivity index (χ4n) is 2.32. The molecule has 2 heterocycles. The van der Waals surface area contributed by atoms with E-state index in [9.17, 15) is 0 Å². The van der Waals surface area contributed by atoms with Crippen LogP contribution in [-0.4, -0.2) is 29.5 Å². The molecule has 1 fully saturated rings. The second-order valence-electron chi connectivity index (χ2n) is 5.81. The summed E-state index contributed by atoms with van der Waals surface area (Å²) in [4.78, 5) is 7.17. The van der Waals surface area contributed by atoms with E-state index in [1.54, 1.807) is 11.3 Å². The van der Waals surface area contributed by atoms with Crippen LogP contribution in [0.25, 0.3) is 0 Å². The summed E-state index contributed by atoms with van der Waals surface area (Å²) in [6.07, 6.45) is 1.21. The van der Waals surface area contributed by atoms with Crippen molar-refractivity contribution in [3.8, 4) is 0 Å². The zero-order chi connectivity index (χ0) is 12.5. The Morgan fingerprint density at radius 2 is 2.35 bits per heavy atom. The van der Waals surface area contributed by atoms with Crippen molar-refractivity contribution < 1.29 is 0 Å². The van der Waals surface area contributed by atoms with Crippen molar-refractivity contribution in [3.63, 3.8) is 0 Å². The molecule has 1 aliphatic heterocycles.